The molecule has 1 aromatic carbocycles. The number of sulfone groups is 1. The molecule has 0 aliphatic carbocycles. The van der Waals surface area contributed by atoms with Crippen molar-refractivity contribution in [2.24, 2.45) is 5.92 Å². The maximum atomic E-state index is 11.9. The van der Waals surface area contributed by atoms with Crippen molar-refractivity contribution in [1.29, 1.82) is 0 Å². The highest BCUT2D eigenvalue weighted by molar-refractivity contribution is 7.91. The first-order valence-corrected chi connectivity index (χ1v) is 9.41. The number of carbonyl (C=O) groups excluding carboxylic acids is 2. The van der Waals surface area contributed by atoms with E-state index in [1.54, 1.807) is 6.07 Å². The Morgan fingerprint density at radius 1 is 1.26 bits per heavy atom. The van der Waals surface area contributed by atoms with Crippen LogP contribution in [0.2, 0.25) is 0 Å². The molecule has 2 aliphatic heterocycles. The maximum absolute atomic E-state index is 11.9. The summed E-state index contributed by atoms with van der Waals surface area (Å²) in [7, 11) is -2.98. The van der Waals surface area contributed by atoms with Gasteiger partial charge in [-0.15, -0.1) is 0 Å². The molecule has 0 bridgehead atoms. The number of nitrogens with one attached hydrogen (secondary N) is 3. The van der Waals surface area contributed by atoms with Gasteiger partial charge in [-0.1, -0.05) is 0 Å². The third-order valence-corrected chi connectivity index (χ3v) is 5.99. The van der Waals surface area contributed by atoms with Crippen LogP contribution in [0.4, 0.5) is 11.4 Å². The van der Waals surface area contributed by atoms with Crippen molar-refractivity contribution in [2.75, 3.05) is 35.2 Å². The van der Waals surface area contributed by atoms with E-state index in [-0.39, 0.29) is 24.0 Å². The van der Waals surface area contributed by atoms with Crippen LogP contribution in [-0.4, -0.2) is 44.8 Å². The van der Waals surface area contributed by atoms with Crippen molar-refractivity contribution in [2.45, 2.75) is 12.8 Å². The number of anilines is 2. The highest BCUT2D eigenvalue weighted by Crippen LogP contribution is 2.25. The van der Waals surface area contributed by atoms with Crippen LogP contribution in [0.25, 0.3) is 0 Å². The Balaban J connectivity index is 1.51. The van der Waals surface area contributed by atoms with Gasteiger partial charge in [0.1, 0.15) is 0 Å². The predicted octanol–water partition coefficient (Wildman–Crippen LogP) is 0.144. The van der Waals surface area contributed by atoms with Gasteiger partial charge in [-0.3, -0.25) is 9.59 Å². The largest absolute Gasteiger partial charge is 0.384 e. The summed E-state index contributed by atoms with van der Waals surface area (Å²) in [6.07, 6.45) is 1.42. The Labute approximate surface area is 134 Å². The zero-order valence-corrected chi connectivity index (χ0v) is 13.4. The molecule has 1 unspecified atom stereocenters. The number of amides is 2. The first-order chi connectivity index (χ1) is 10.9. The Hall–Kier alpha value is -2.09. The highest BCUT2D eigenvalue weighted by atomic mass is 32.2. The van der Waals surface area contributed by atoms with Crippen LogP contribution in [0.5, 0.6) is 0 Å². The minimum Gasteiger partial charge on any atom is -0.384 e. The van der Waals surface area contributed by atoms with E-state index < -0.39 is 21.7 Å². The Bertz CT molecular complexity index is 745. The molecule has 23 heavy (non-hydrogen) atoms. The van der Waals surface area contributed by atoms with E-state index in [9.17, 15) is 18.0 Å². The molecule has 3 rings (SSSR count). The second-order valence-electron chi connectivity index (χ2n) is 5.98. The quantitative estimate of drug-likeness (QED) is 0.681. The van der Waals surface area contributed by atoms with Crippen molar-refractivity contribution in [3.05, 3.63) is 23.8 Å². The topological polar surface area (TPSA) is 104 Å². The Morgan fingerprint density at radius 3 is 2.83 bits per heavy atom. The van der Waals surface area contributed by atoms with E-state index in [4.69, 9.17) is 0 Å². The minimum atomic E-state index is -2.98. The summed E-state index contributed by atoms with van der Waals surface area (Å²) in [4.78, 5) is 23.7. The molecule has 7 nitrogen and oxygen atoms in total. The van der Waals surface area contributed by atoms with Crippen molar-refractivity contribution in [3.63, 3.8) is 0 Å². The third kappa shape index (κ3) is 3.82. The van der Waals surface area contributed by atoms with Gasteiger partial charge in [-0.05, 0) is 42.5 Å². The molecule has 0 saturated carbocycles. The normalized spacial score (nSPS) is 21.3. The van der Waals surface area contributed by atoms with E-state index in [2.05, 4.69) is 16.0 Å². The van der Waals surface area contributed by atoms with Gasteiger partial charge in [0.15, 0.2) is 9.84 Å². The summed E-state index contributed by atoms with van der Waals surface area (Å²) in [6, 6.07) is 5.47. The monoisotopic (exact) mass is 337 g/mol. The fourth-order valence-electron chi connectivity index (χ4n) is 2.92. The van der Waals surface area contributed by atoms with Crippen molar-refractivity contribution >= 4 is 33.0 Å². The molecule has 0 radical (unpaired) electrons. The molecule has 2 aliphatic rings. The zero-order chi connectivity index (χ0) is 16.4. The average Bonchev–Trinajstić information content (AvgIpc) is 3.10. The van der Waals surface area contributed by atoms with Gasteiger partial charge in [0.05, 0.1) is 11.5 Å². The number of benzene rings is 1. The highest BCUT2D eigenvalue weighted by Gasteiger charge is 2.28. The van der Waals surface area contributed by atoms with Crippen LogP contribution in [0.1, 0.15) is 12.0 Å². The standard InChI is InChI=1S/C15H19N3O4S/c19-14(17-8-10-4-6-23(21,22)9-10)15(20)18-12-1-2-13-11(7-12)3-5-16-13/h1-2,7,10,16H,3-6,8-9H2,(H,17,19)(H,18,20). The first kappa shape index (κ1) is 15.8. The van der Waals surface area contributed by atoms with Crippen LogP contribution in [0.3, 0.4) is 0 Å². The average molecular weight is 337 g/mol. The van der Waals surface area contributed by atoms with Gasteiger partial charge in [0.2, 0.25) is 0 Å². The van der Waals surface area contributed by atoms with E-state index in [1.165, 1.54) is 0 Å². The fourth-order valence-corrected chi connectivity index (χ4v) is 4.78. The lowest BCUT2D eigenvalue weighted by Gasteiger charge is -2.10. The minimum absolute atomic E-state index is 0.0761. The first-order valence-electron chi connectivity index (χ1n) is 7.59. The van der Waals surface area contributed by atoms with E-state index >= 15 is 0 Å². The molecule has 1 aromatic rings. The lowest BCUT2D eigenvalue weighted by Crippen LogP contribution is -2.38. The second-order valence-corrected chi connectivity index (χ2v) is 8.21. The molecule has 124 valence electrons. The lowest BCUT2D eigenvalue weighted by atomic mass is 10.1. The van der Waals surface area contributed by atoms with Gasteiger partial charge in [-0.2, -0.15) is 0 Å². The van der Waals surface area contributed by atoms with Gasteiger partial charge in [0, 0.05) is 24.5 Å². The molecule has 2 heterocycles. The van der Waals surface area contributed by atoms with Crippen molar-refractivity contribution < 1.29 is 18.0 Å². The van der Waals surface area contributed by atoms with Crippen molar-refractivity contribution in [3.8, 4) is 0 Å². The summed E-state index contributed by atoms with van der Waals surface area (Å²) >= 11 is 0. The van der Waals surface area contributed by atoms with Gasteiger partial charge in [-0.25, -0.2) is 8.42 Å². The molecule has 3 N–H and O–H groups in total. The molecular weight excluding hydrogens is 318 g/mol. The molecule has 0 aromatic heterocycles. The van der Waals surface area contributed by atoms with Crippen LogP contribution in [0.15, 0.2) is 18.2 Å². The fraction of sp³-hybridized carbons (Fsp3) is 0.467. The second kappa shape index (κ2) is 6.19. The predicted molar refractivity (Wildman–Crippen MR) is 87.0 cm³/mol. The number of rotatable bonds is 3. The molecule has 2 amide bonds. The van der Waals surface area contributed by atoms with Gasteiger partial charge >= 0.3 is 11.8 Å². The molecular formula is C15H19N3O4S. The molecule has 1 saturated heterocycles. The number of carbonyl (C=O) groups is 2. The summed E-state index contributed by atoms with van der Waals surface area (Å²) in [5.41, 5.74) is 2.74. The van der Waals surface area contributed by atoms with Crippen LogP contribution in [0, 0.1) is 5.92 Å². The van der Waals surface area contributed by atoms with E-state index in [0.717, 1.165) is 24.2 Å². The number of fused-ring (bicyclic) bond motifs is 1. The molecule has 1 fully saturated rings. The number of hydrogen-bond acceptors (Lipinski definition) is 5. The summed E-state index contributed by atoms with van der Waals surface area (Å²) < 4.78 is 22.7. The van der Waals surface area contributed by atoms with Crippen LogP contribution < -0.4 is 16.0 Å². The SMILES string of the molecule is O=C(NCC1CCS(=O)(=O)C1)C(=O)Nc1ccc2c(c1)CCN2. The molecule has 0 spiro atoms. The zero-order valence-electron chi connectivity index (χ0n) is 12.6. The number of hydrogen-bond donors (Lipinski definition) is 3. The maximum Gasteiger partial charge on any atom is 0.313 e. The van der Waals surface area contributed by atoms with Gasteiger partial charge in [0.25, 0.3) is 0 Å². The van der Waals surface area contributed by atoms with Crippen LogP contribution in [-0.2, 0) is 25.8 Å². The lowest BCUT2D eigenvalue weighted by molar-refractivity contribution is -0.136. The van der Waals surface area contributed by atoms with E-state index in [1.807, 2.05) is 12.1 Å². The smallest absolute Gasteiger partial charge is 0.313 e. The van der Waals surface area contributed by atoms with Gasteiger partial charge < -0.3 is 16.0 Å². The molecule has 1 atom stereocenters. The summed E-state index contributed by atoms with van der Waals surface area (Å²) in [5, 5.41) is 8.29. The van der Waals surface area contributed by atoms with E-state index in [0.29, 0.717) is 12.1 Å². The third-order valence-electron chi connectivity index (χ3n) is 4.16. The summed E-state index contributed by atoms with van der Waals surface area (Å²) in [6.45, 7) is 1.08. The summed E-state index contributed by atoms with van der Waals surface area (Å²) in [5.74, 6) is -1.36. The molecule has 8 heteroatoms. The Kier molecular flexibility index (Phi) is 4.25. The van der Waals surface area contributed by atoms with Crippen LogP contribution >= 0.6 is 0 Å². The Morgan fingerprint density at radius 2 is 2.09 bits per heavy atom. The van der Waals surface area contributed by atoms with Crippen molar-refractivity contribution in [1.82, 2.24) is 5.32 Å².